The van der Waals surface area contributed by atoms with Gasteiger partial charge in [-0.15, -0.1) is 0 Å². The number of hydrogen-bond donors (Lipinski definition) is 0. The molecule has 0 aliphatic rings. The van der Waals surface area contributed by atoms with Gasteiger partial charge in [0, 0.05) is 20.2 Å². The van der Waals surface area contributed by atoms with E-state index in [9.17, 15) is 9.59 Å². The quantitative estimate of drug-likeness (QED) is 0.692. The maximum atomic E-state index is 12.6. The van der Waals surface area contributed by atoms with Crippen LogP contribution in [0.5, 0.6) is 0 Å². The highest BCUT2D eigenvalue weighted by atomic mass is 16.5. The number of nitrogens with zero attached hydrogens (tertiary/aromatic N) is 4. The lowest BCUT2D eigenvalue weighted by atomic mass is 10.2. The Hall–Kier alpha value is -1.89. The zero-order valence-electron chi connectivity index (χ0n) is 13.5. The SMILES string of the molecule is CCCCCCn1c(=O)c2c(ncn2COCC)n(C)c1=O. The summed E-state index contributed by atoms with van der Waals surface area (Å²) in [5, 5.41) is 0. The fourth-order valence-corrected chi connectivity index (χ4v) is 2.50. The molecule has 0 amide bonds. The van der Waals surface area contributed by atoms with Crippen LogP contribution in [-0.2, 0) is 25.1 Å². The van der Waals surface area contributed by atoms with Crippen molar-refractivity contribution < 1.29 is 4.74 Å². The summed E-state index contributed by atoms with van der Waals surface area (Å²) in [4.78, 5) is 29.2. The minimum atomic E-state index is -0.310. The van der Waals surface area contributed by atoms with Crippen LogP contribution in [0.3, 0.4) is 0 Å². The lowest BCUT2D eigenvalue weighted by Gasteiger charge is -2.09. The molecule has 2 aromatic heterocycles. The van der Waals surface area contributed by atoms with E-state index in [4.69, 9.17) is 4.74 Å². The number of imidazole rings is 1. The van der Waals surface area contributed by atoms with Crippen LogP contribution >= 0.6 is 0 Å². The predicted molar refractivity (Wildman–Crippen MR) is 85.0 cm³/mol. The van der Waals surface area contributed by atoms with Crippen molar-refractivity contribution in [1.29, 1.82) is 0 Å². The average Bonchev–Trinajstić information content (AvgIpc) is 2.94. The van der Waals surface area contributed by atoms with Crippen molar-refractivity contribution in [3.8, 4) is 0 Å². The van der Waals surface area contributed by atoms with Gasteiger partial charge in [-0.3, -0.25) is 13.9 Å². The third-order valence-corrected chi connectivity index (χ3v) is 3.77. The van der Waals surface area contributed by atoms with Gasteiger partial charge in [-0.1, -0.05) is 26.2 Å². The van der Waals surface area contributed by atoms with E-state index in [2.05, 4.69) is 11.9 Å². The summed E-state index contributed by atoms with van der Waals surface area (Å²) in [5.41, 5.74) is 0.230. The van der Waals surface area contributed by atoms with Crippen LogP contribution in [0, 0.1) is 0 Å². The first-order valence-electron chi connectivity index (χ1n) is 7.84. The topological polar surface area (TPSA) is 71.0 Å². The third-order valence-electron chi connectivity index (χ3n) is 3.77. The minimum absolute atomic E-state index is 0.260. The molecule has 0 fully saturated rings. The van der Waals surface area contributed by atoms with E-state index in [0.717, 1.165) is 25.7 Å². The molecule has 0 bridgehead atoms. The van der Waals surface area contributed by atoms with Gasteiger partial charge >= 0.3 is 5.69 Å². The van der Waals surface area contributed by atoms with Crippen molar-refractivity contribution in [2.75, 3.05) is 6.61 Å². The second kappa shape index (κ2) is 7.40. The summed E-state index contributed by atoms with van der Waals surface area (Å²) in [7, 11) is 1.64. The van der Waals surface area contributed by atoms with E-state index < -0.39 is 0 Å². The van der Waals surface area contributed by atoms with Crippen LogP contribution in [0.4, 0.5) is 0 Å². The van der Waals surface area contributed by atoms with E-state index in [1.165, 1.54) is 9.13 Å². The molecule has 0 saturated heterocycles. The molecule has 122 valence electrons. The van der Waals surface area contributed by atoms with Gasteiger partial charge in [0.15, 0.2) is 11.2 Å². The number of hydrogen-bond acceptors (Lipinski definition) is 4. The summed E-state index contributed by atoms with van der Waals surface area (Å²) in [6.07, 6.45) is 5.62. The van der Waals surface area contributed by atoms with E-state index in [-0.39, 0.29) is 18.0 Å². The van der Waals surface area contributed by atoms with Crippen LogP contribution in [0.1, 0.15) is 39.5 Å². The monoisotopic (exact) mass is 308 g/mol. The molecule has 2 heterocycles. The Morgan fingerprint density at radius 3 is 2.64 bits per heavy atom. The fourth-order valence-electron chi connectivity index (χ4n) is 2.50. The van der Waals surface area contributed by atoms with Gasteiger partial charge in [-0.05, 0) is 13.3 Å². The van der Waals surface area contributed by atoms with Crippen LogP contribution in [0.25, 0.3) is 11.2 Å². The minimum Gasteiger partial charge on any atom is -0.361 e. The summed E-state index contributed by atoms with van der Waals surface area (Å²) < 4.78 is 9.74. The predicted octanol–water partition coefficient (Wildman–Crippen LogP) is 1.47. The van der Waals surface area contributed by atoms with Gasteiger partial charge in [-0.2, -0.15) is 0 Å². The normalized spacial score (nSPS) is 11.4. The number of fused-ring (bicyclic) bond motifs is 1. The molecule has 2 aromatic rings. The molecule has 22 heavy (non-hydrogen) atoms. The molecule has 0 aromatic carbocycles. The zero-order valence-corrected chi connectivity index (χ0v) is 13.5. The smallest absolute Gasteiger partial charge is 0.332 e. The number of ether oxygens (including phenoxy) is 1. The van der Waals surface area contributed by atoms with Crippen molar-refractivity contribution in [3.63, 3.8) is 0 Å². The molecule has 0 N–H and O–H groups in total. The largest absolute Gasteiger partial charge is 0.361 e. The first-order valence-corrected chi connectivity index (χ1v) is 7.84. The zero-order chi connectivity index (χ0) is 16.1. The Morgan fingerprint density at radius 1 is 1.18 bits per heavy atom. The van der Waals surface area contributed by atoms with Gasteiger partial charge in [0.2, 0.25) is 0 Å². The molecule has 0 aliphatic carbocycles. The highest BCUT2D eigenvalue weighted by molar-refractivity contribution is 5.69. The maximum absolute atomic E-state index is 12.6. The highest BCUT2D eigenvalue weighted by Crippen LogP contribution is 2.06. The van der Waals surface area contributed by atoms with E-state index in [0.29, 0.717) is 24.3 Å². The Labute approximate surface area is 129 Å². The average molecular weight is 308 g/mol. The Kier molecular flexibility index (Phi) is 5.54. The Balaban J connectivity index is 2.43. The summed E-state index contributed by atoms with van der Waals surface area (Å²) >= 11 is 0. The van der Waals surface area contributed by atoms with Crippen molar-refractivity contribution in [3.05, 3.63) is 27.2 Å². The van der Waals surface area contributed by atoms with Crippen molar-refractivity contribution in [2.45, 2.75) is 52.8 Å². The van der Waals surface area contributed by atoms with Crippen LogP contribution in [-0.4, -0.2) is 25.3 Å². The summed E-state index contributed by atoms with van der Waals surface area (Å²) in [6.45, 7) is 5.28. The lowest BCUT2D eigenvalue weighted by molar-refractivity contribution is 0.0903. The number of rotatable bonds is 8. The highest BCUT2D eigenvalue weighted by Gasteiger charge is 2.15. The molecular formula is C15H24N4O3. The molecule has 0 saturated carbocycles. The molecule has 0 atom stereocenters. The second-order valence-corrected chi connectivity index (χ2v) is 5.37. The van der Waals surface area contributed by atoms with Crippen LogP contribution in [0.15, 0.2) is 15.9 Å². The molecule has 2 rings (SSSR count). The molecule has 7 heteroatoms. The van der Waals surface area contributed by atoms with Crippen LogP contribution < -0.4 is 11.2 Å². The molecular weight excluding hydrogens is 284 g/mol. The number of aromatic nitrogens is 4. The summed E-state index contributed by atoms with van der Waals surface area (Å²) in [5.74, 6) is 0. The standard InChI is InChI=1S/C15H24N4O3/c1-4-6-7-8-9-19-14(20)12-13(17(3)15(19)21)16-10-18(12)11-22-5-2/h10H,4-9,11H2,1-3H3. The first kappa shape index (κ1) is 16.5. The Bertz CT molecular complexity index is 742. The van der Waals surface area contributed by atoms with Gasteiger partial charge in [-0.25, -0.2) is 9.78 Å². The fraction of sp³-hybridized carbons (Fsp3) is 0.667. The molecule has 0 unspecified atom stereocenters. The molecule has 0 spiro atoms. The van der Waals surface area contributed by atoms with E-state index in [1.807, 2.05) is 6.92 Å². The first-order chi connectivity index (χ1) is 10.6. The van der Waals surface area contributed by atoms with E-state index >= 15 is 0 Å². The molecule has 7 nitrogen and oxygen atoms in total. The van der Waals surface area contributed by atoms with Gasteiger partial charge in [0.05, 0.1) is 6.33 Å². The third kappa shape index (κ3) is 3.14. The second-order valence-electron chi connectivity index (χ2n) is 5.37. The van der Waals surface area contributed by atoms with Crippen molar-refractivity contribution in [2.24, 2.45) is 7.05 Å². The van der Waals surface area contributed by atoms with Gasteiger partial charge < -0.3 is 9.30 Å². The van der Waals surface area contributed by atoms with Crippen molar-refractivity contribution >= 4 is 11.2 Å². The number of unbranched alkanes of at least 4 members (excludes halogenated alkanes) is 3. The number of aryl methyl sites for hydroxylation is 1. The van der Waals surface area contributed by atoms with Gasteiger partial charge in [0.25, 0.3) is 5.56 Å². The van der Waals surface area contributed by atoms with E-state index in [1.54, 1.807) is 17.9 Å². The lowest BCUT2D eigenvalue weighted by Crippen LogP contribution is -2.39. The van der Waals surface area contributed by atoms with Gasteiger partial charge in [0.1, 0.15) is 6.73 Å². The molecule has 0 aliphatic heterocycles. The summed E-state index contributed by atoms with van der Waals surface area (Å²) in [6, 6.07) is 0. The maximum Gasteiger partial charge on any atom is 0.332 e. The van der Waals surface area contributed by atoms with Crippen molar-refractivity contribution in [1.82, 2.24) is 18.7 Å². The Morgan fingerprint density at radius 2 is 1.95 bits per heavy atom. The van der Waals surface area contributed by atoms with Crippen LogP contribution in [0.2, 0.25) is 0 Å². The molecule has 0 radical (unpaired) electrons.